The van der Waals surface area contributed by atoms with E-state index in [1.54, 1.807) is 0 Å². The van der Waals surface area contributed by atoms with Crippen LogP contribution in [0.5, 0.6) is 0 Å². The van der Waals surface area contributed by atoms with Crippen molar-refractivity contribution in [3.8, 4) is 0 Å². The third kappa shape index (κ3) is 3.75. The van der Waals surface area contributed by atoms with Crippen LogP contribution in [0, 0.1) is 5.41 Å². The summed E-state index contributed by atoms with van der Waals surface area (Å²) in [7, 11) is 0. The standard InChI is InChI=1S/C9H18N4O2/c10-7(8(14)15)2-1-5-13(9(11)12)6-3-4-6/h6-7H,1-5,10H2,(H3,11,12)(H,14,15)/t7-/m0/s1. The van der Waals surface area contributed by atoms with Gasteiger partial charge in [0.15, 0.2) is 5.96 Å². The van der Waals surface area contributed by atoms with E-state index in [0.717, 1.165) is 12.8 Å². The predicted molar refractivity (Wildman–Crippen MR) is 56.5 cm³/mol. The fourth-order valence-electron chi connectivity index (χ4n) is 1.49. The molecule has 0 bridgehead atoms. The number of nitrogens with zero attached hydrogens (tertiary/aromatic N) is 1. The van der Waals surface area contributed by atoms with Gasteiger partial charge in [-0.05, 0) is 25.7 Å². The minimum Gasteiger partial charge on any atom is -0.480 e. The summed E-state index contributed by atoms with van der Waals surface area (Å²) in [5, 5.41) is 15.9. The number of carboxylic acid groups (broad SMARTS) is 1. The van der Waals surface area contributed by atoms with Gasteiger partial charge in [-0.3, -0.25) is 10.2 Å². The van der Waals surface area contributed by atoms with Gasteiger partial charge < -0.3 is 21.5 Å². The largest absolute Gasteiger partial charge is 0.480 e. The zero-order chi connectivity index (χ0) is 11.4. The molecule has 15 heavy (non-hydrogen) atoms. The summed E-state index contributed by atoms with van der Waals surface area (Å²) < 4.78 is 0. The maximum absolute atomic E-state index is 10.4. The number of rotatable bonds is 6. The smallest absolute Gasteiger partial charge is 0.320 e. The third-order valence-electron chi connectivity index (χ3n) is 2.53. The third-order valence-corrected chi connectivity index (χ3v) is 2.53. The molecule has 6 N–H and O–H groups in total. The topological polar surface area (TPSA) is 116 Å². The van der Waals surface area contributed by atoms with Crippen LogP contribution in [-0.2, 0) is 4.79 Å². The van der Waals surface area contributed by atoms with Crippen LogP contribution >= 0.6 is 0 Å². The molecule has 0 aromatic heterocycles. The van der Waals surface area contributed by atoms with Crippen LogP contribution in [0.1, 0.15) is 25.7 Å². The number of hydrogen-bond donors (Lipinski definition) is 4. The summed E-state index contributed by atoms with van der Waals surface area (Å²) in [4.78, 5) is 12.3. The molecule has 86 valence electrons. The molecule has 0 aliphatic heterocycles. The molecule has 0 radical (unpaired) electrons. The van der Waals surface area contributed by atoms with Crippen LogP contribution in [0.15, 0.2) is 0 Å². The van der Waals surface area contributed by atoms with Crippen molar-refractivity contribution in [2.24, 2.45) is 11.5 Å². The van der Waals surface area contributed by atoms with Gasteiger partial charge >= 0.3 is 5.97 Å². The van der Waals surface area contributed by atoms with Gasteiger partial charge in [0.25, 0.3) is 0 Å². The highest BCUT2D eigenvalue weighted by Gasteiger charge is 2.29. The van der Waals surface area contributed by atoms with Gasteiger partial charge in [-0.1, -0.05) is 0 Å². The van der Waals surface area contributed by atoms with E-state index in [0.29, 0.717) is 25.4 Å². The first kappa shape index (κ1) is 11.8. The SMILES string of the molecule is N=C(N)N(CCC[C@H](N)C(=O)O)C1CC1. The number of carbonyl (C=O) groups is 1. The molecule has 1 aliphatic carbocycles. The average Bonchev–Trinajstić information content (AvgIpc) is 2.94. The molecule has 1 atom stereocenters. The average molecular weight is 214 g/mol. The van der Waals surface area contributed by atoms with Gasteiger partial charge in [0.05, 0.1) is 0 Å². The van der Waals surface area contributed by atoms with Crippen molar-refractivity contribution in [2.45, 2.75) is 37.8 Å². The number of nitrogens with one attached hydrogen (secondary N) is 1. The highest BCUT2D eigenvalue weighted by atomic mass is 16.4. The molecule has 0 heterocycles. The lowest BCUT2D eigenvalue weighted by atomic mass is 10.1. The van der Waals surface area contributed by atoms with Crippen LogP contribution in [0.3, 0.4) is 0 Å². The quantitative estimate of drug-likeness (QED) is 0.352. The van der Waals surface area contributed by atoms with Crippen LogP contribution in [0.25, 0.3) is 0 Å². The summed E-state index contributed by atoms with van der Waals surface area (Å²) >= 11 is 0. The van der Waals surface area contributed by atoms with E-state index in [4.69, 9.17) is 22.0 Å². The molecular formula is C9H18N4O2. The molecule has 0 aromatic carbocycles. The Bertz CT molecular complexity index is 252. The molecule has 0 amide bonds. The van der Waals surface area contributed by atoms with E-state index in [1.807, 2.05) is 4.90 Å². The zero-order valence-corrected chi connectivity index (χ0v) is 8.65. The lowest BCUT2D eigenvalue weighted by Crippen LogP contribution is -2.39. The van der Waals surface area contributed by atoms with Crippen molar-refractivity contribution >= 4 is 11.9 Å². The van der Waals surface area contributed by atoms with Gasteiger partial charge in [-0.2, -0.15) is 0 Å². The maximum atomic E-state index is 10.4. The van der Waals surface area contributed by atoms with Gasteiger partial charge in [-0.15, -0.1) is 0 Å². The molecule has 1 saturated carbocycles. The van der Waals surface area contributed by atoms with E-state index in [2.05, 4.69) is 0 Å². The van der Waals surface area contributed by atoms with Gasteiger partial charge in [0.2, 0.25) is 0 Å². The Balaban J connectivity index is 2.22. The van der Waals surface area contributed by atoms with Crippen LogP contribution in [-0.4, -0.2) is 40.6 Å². The van der Waals surface area contributed by atoms with Gasteiger partial charge in [0, 0.05) is 12.6 Å². The molecule has 0 aromatic rings. The molecule has 6 heteroatoms. The van der Waals surface area contributed by atoms with E-state index in [9.17, 15) is 4.79 Å². The monoisotopic (exact) mass is 214 g/mol. The summed E-state index contributed by atoms with van der Waals surface area (Å²) in [5.41, 5.74) is 10.8. The molecule has 0 spiro atoms. The second-order valence-corrected chi connectivity index (χ2v) is 3.90. The fraction of sp³-hybridized carbons (Fsp3) is 0.778. The summed E-state index contributed by atoms with van der Waals surface area (Å²) in [6.07, 6.45) is 3.23. The Morgan fingerprint density at radius 2 is 2.20 bits per heavy atom. The van der Waals surface area contributed by atoms with Crippen molar-refractivity contribution < 1.29 is 9.90 Å². The highest BCUT2D eigenvalue weighted by Crippen LogP contribution is 2.26. The Kier molecular flexibility index (Phi) is 3.90. The molecule has 0 saturated heterocycles. The number of carboxylic acids is 1. The number of guanidine groups is 1. The second kappa shape index (κ2) is 4.97. The van der Waals surface area contributed by atoms with E-state index in [1.165, 1.54) is 0 Å². The summed E-state index contributed by atoms with van der Waals surface area (Å²) in [6, 6.07) is -0.415. The Hall–Kier alpha value is -1.30. The molecule has 0 unspecified atom stereocenters. The van der Waals surface area contributed by atoms with E-state index in [-0.39, 0.29) is 5.96 Å². The zero-order valence-electron chi connectivity index (χ0n) is 8.65. The molecule has 1 aliphatic rings. The molecule has 1 rings (SSSR count). The first-order valence-electron chi connectivity index (χ1n) is 5.11. The van der Waals surface area contributed by atoms with E-state index < -0.39 is 12.0 Å². The van der Waals surface area contributed by atoms with Gasteiger partial charge in [0.1, 0.15) is 6.04 Å². The fourth-order valence-corrected chi connectivity index (χ4v) is 1.49. The first-order valence-corrected chi connectivity index (χ1v) is 5.11. The predicted octanol–water partition coefficient (Wildman–Crippen LogP) is -0.464. The summed E-state index contributed by atoms with van der Waals surface area (Å²) in [5.74, 6) is -0.905. The Morgan fingerprint density at radius 1 is 1.60 bits per heavy atom. The highest BCUT2D eigenvalue weighted by molar-refractivity contribution is 5.75. The van der Waals surface area contributed by atoms with Crippen molar-refractivity contribution in [3.63, 3.8) is 0 Å². The van der Waals surface area contributed by atoms with E-state index >= 15 is 0 Å². The number of hydrogen-bond acceptors (Lipinski definition) is 3. The maximum Gasteiger partial charge on any atom is 0.320 e. The van der Waals surface area contributed by atoms with Crippen LogP contribution in [0.4, 0.5) is 0 Å². The van der Waals surface area contributed by atoms with Crippen molar-refractivity contribution in [2.75, 3.05) is 6.54 Å². The molecular weight excluding hydrogens is 196 g/mol. The van der Waals surface area contributed by atoms with Crippen molar-refractivity contribution in [1.29, 1.82) is 5.41 Å². The first-order chi connectivity index (χ1) is 7.02. The lowest BCUT2D eigenvalue weighted by molar-refractivity contribution is -0.138. The Labute approximate surface area is 88.7 Å². The van der Waals surface area contributed by atoms with Crippen LogP contribution in [0.2, 0.25) is 0 Å². The van der Waals surface area contributed by atoms with Gasteiger partial charge in [-0.25, -0.2) is 0 Å². The minimum absolute atomic E-state index is 0.0707. The number of nitrogens with two attached hydrogens (primary N) is 2. The summed E-state index contributed by atoms with van der Waals surface area (Å²) in [6.45, 7) is 0.626. The molecule has 6 nitrogen and oxygen atoms in total. The lowest BCUT2D eigenvalue weighted by Gasteiger charge is -2.22. The van der Waals surface area contributed by atoms with Crippen molar-refractivity contribution in [3.05, 3.63) is 0 Å². The second-order valence-electron chi connectivity index (χ2n) is 3.90. The minimum atomic E-state index is -0.976. The van der Waals surface area contributed by atoms with Crippen LogP contribution < -0.4 is 11.5 Å². The van der Waals surface area contributed by atoms with Crippen molar-refractivity contribution in [1.82, 2.24) is 4.90 Å². The number of aliphatic carboxylic acids is 1. The molecule has 1 fully saturated rings. The normalized spacial score (nSPS) is 17.1. The Morgan fingerprint density at radius 3 is 2.60 bits per heavy atom.